The number of hydrogen-bond acceptors (Lipinski definition) is 3. The summed E-state index contributed by atoms with van der Waals surface area (Å²) in [6, 6.07) is 0.0665. The molecule has 1 atom stereocenters. The molecule has 9 heteroatoms. The van der Waals surface area contributed by atoms with Crippen molar-refractivity contribution in [1.82, 2.24) is 5.32 Å². The summed E-state index contributed by atoms with van der Waals surface area (Å²) in [4.78, 5) is 18.7. The molecule has 16 heavy (non-hydrogen) atoms. The summed E-state index contributed by atoms with van der Waals surface area (Å²) in [5.41, 5.74) is 5.35. The number of nitrogens with one attached hydrogen (secondary N) is 1. The van der Waals surface area contributed by atoms with Crippen LogP contribution in [-0.2, 0) is 4.79 Å². The molecule has 0 bridgehead atoms. The molecule has 0 spiro atoms. The second kappa shape index (κ2) is 7.74. The van der Waals surface area contributed by atoms with E-state index in [2.05, 4.69) is 5.32 Å². The quantitative estimate of drug-likeness (QED) is 0.583. The van der Waals surface area contributed by atoms with Crippen LogP contribution in [0.5, 0.6) is 0 Å². The molecule has 1 amide bonds. The first kappa shape index (κ1) is 16.9. The fourth-order valence-corrected chi connectivity index (χ4v) is 0.407. The molecular formula is C7H13F3N2O4. The minimum absolute atomic E-state index is 0.0665. The van der Waals surface area contributed by atoms with Crippen molar-refractivity contribution in [3.05, 3.63) is 0 Å². The maximum absolute atomic E-state index is 10.6. The molecular weight excluding hydrogens is 233 g/mol. The summed E-state index contributed by atoms with van der Waals surface area (Å²) >= 11 is 0. The highest BCUT2D eigenvalue weighted by atomic mass is 19.4. The lowest BCUT2D eigenvalue weighted by Crippen LogP contribution is -2.27. The van der Waals surface area contributed by atoms with E-state index in [1.54, 1.807) is 0 Å². The van der Waals surface area contributed by atoms with E-state index in [-0.39, 0.29) is 6.04 Å². The predicted octanol–water partition coefficient (Wildman–Crippen LogP) is 0.625. The Bertz CT molecular complexity index is 230. The molecule has 5 N–H and O–H groups in total. The molecule has 0 aromatic rings. The van der Waals surface area contributed by atoms with Gasteiger partial charge in [-0.25, -0.2) is 9.59 Å². The minimum atomic E-state index is -5.08. The number of hydrogen-bond donors (Lipinski definition) is 4. The van der Waals surface area contributed by atoms with Crippen molar-refractivity contribution in [1.29, 1.82) is 0 Å². The number of aliphatic carboxylic acids is 1. The first-order chi connectivity index (χ1) is 7.07. The summed E-state index contributed by atoms with van der Waals surface area (Å²) in [5.74, 6) is -2.76. The van der Waals surface area contributed by atoms with Gasteiger partial charge in [-0.1, -0.05) is 0 Å². The van der Waals surface area contributed by atoms with Gasteiger partial charge in [-0.15, -0.1) is 0 Å². The Hall–Kier alpha value is -1.51. The minimum Gasteiger partial charge on any atom is -0.475 e. The van der Waals surface area contributed by atoms with Crippen molar-refractivity contribution in [2.45, 2.75) is 25.6 Å². The highest BCUT2D eigenvalue weighted by Crippen LogP contribution is 2.13. The molecule has 0 aromatic heterocycles. The Balaban J connectivity index is 0. The van der Waals surface area contributed by atoms with Crippen molar-refractivity contribution in [3.8, 4) is 0 Å². The third kappa shape index (κ3) is 15.0. The molecule has 0 aromatic carbocycles. The van der Waals surface area contributed by atoms with Crippen LogP contribution in [0, 0.1) is 0 Å². The SMILES string of the molecule is CC(N)CCNC(=O)O.O=C(O)C(F)(F)F. The number of carbonyl (C=O) groups is 2. The van der Waals surface area contributed by atoms with Gasteiger partial charge < -0.3 is 21.3 Å². The van der Waals surface area contributed by atoms with E-state index in [0.29, 0.717) is 13.0 Å². The summed E-state index contributed by atoms with van der Waals surface area (Å²) in [7, 11) is 0. The monoisotopic (exact) mass is 246 g/mol. The van der Waals surface area contributed by atoms with Crippen molar-refractivity contribution >= 4 is 12.1 Å². The molecule has 0 heterocycles. The summed E-state index contributed by atoms with van der Waals surface area (Å²) in [5, 5.41) is 17.4. The molecule has 96 valence electrons. The molecule has 0 aliphatic heterocycles. The van der Waals surface area contributed by atoms with Gasteiger partial charge in [-0.2, -0.15) is 13.2 Å². The zero-order valence-corrected chi connectivity index (χ0v) is 8.41. The van der Waals surface area contributed by atoms with Crippen LogP contribution in [0.3, 0.4) is 0 Å². The first-order valence-electron chi connectivity index (χ1n) is 4.09. The highest BCUT2D eigenvalue weighted by Gasteiger charge is 2.38. The average molecular weight is 246 g/mol. The summed E-state index contributed by atoms with van der Waals surface area (Å²) < 4.78 is 31.7. The van der Waals surface area contributed by atoms with Gasteiger partial charge in [0.05, 0.1) is 0 Å². The zero-order chi connectivity index (χ0) is 13.4. The Labute approximate surface area is 89.2 Å². The lowest BCUT2D eigenvalue weighted by Gasteiger charge is -2.02. The van der Waals surface area contributed by atoms with E-state index in [1.165, 1.54) is 0 Å². The van der Waals surface area contributed by atoms with Gasteiger partial charge in [-0.05, 0) is 13.3 Å². The Morgan fingerprint density at radius 1 is 1.38 bits per heavy atom. The molecule has 0 rings (SSSR count). The predicted molar refractivity (Wildman–Crippen MR) is 48.0 cm³/mol. The normalized spacial score (nSPS) is 12.1. The van der Waals surface area contributed by atoms with Gasteiger partial charge in [0.25, 0.3) is 0 Å². The molecule has 0 radical (unpaired) electrons. The molecule has 1 unspecified atom stereocenters. The van der Waals surface area contributed by atoms with E-state index >= 15 is 0 Å². The zero-order valence-electron chi connectivity index (χ0n) is 8.41. The lowest BCUT2D eigenvalue weighted by molar-refractivity contribution is -0.192. The molecule has 0 aliphatic rings. The molecule has 0 saturated carbocycles. The van der Waals surface area contributed by atoms with Crippen molar-refractivity contribution < 1.29 is 33.0 Å². The number of rotatable bonds is 3. The number of alkyl halides is 3. The van der Waals surface area contributed by atoms with Crippen molar-refractivity contribution in [2.24, 2.45) is 5.73 Å². The number of nitrogens with two attached hydrogens (primary N) is 1. The van der Waals surface area contributed by atoms with Crippen LogP contribution < -0.4 is 11.1 Å². The van der Waals surface area contributed by atoms with Crippen LogP contribution >= 0.6 is 0 Å². The fourth-order valence-electron chi connectivity index (χ4n) is 0.407. The maximum Gasteiger partial charge on any atom is 0.490 e. The second-order valence-corrected chi connectivity index (χ2v) is 2.80. The highest BCUT2D eigenvalue weighted by molar-refractivity contribution is 5.73. The van der Waals surface area contributed by atoms with Crippen LogP contribution in [0.4, 0.5) is 18.0 Å². The topological polar surface area (TPSA) is 113 Å². The molecule has 0 saturated heterocycles. The van der Waals surface area contributed by atoms with E-state index in [9.17, 15) is 18.0 Å². The smallest absolute Gasteiger partial charge is 0.475 e. The number of carboxylic acids is 1. The van der Waals surface area contributed by atoms with Crippen LogP contribution in [0.2, 0.25) is 0 Å². The van der Waals surface area contributed by atoms with Crippen LogP contribution in [0.25, 0.3) is 0 Å². The first-order valence-corrected chi connectivity index (χ1v) is 4.09. The molecule has 6 nitrogen and oxygen atoms in total. The number of amides is 1. The van der Waals surface area contributed by atoms with Crippen molar-refractivity contribution in [2.75, 3.05) is 6.54 Å². The fraction of sp³-hybridized carbons (Fsp3) is 0.714. The standard InChI is InChI=1S/C5H12N2O2.C2HF3O2/c1-4(6)2-3-7-5(8)9;3-2(4,5)1(6)7/h4,7H,2-3,6H2,1H3,(H,8,9);(H,6,7). The van der Waals surface area contributed by atoms with E-state index in [1.807, 2.05) is 6.92 Å². The molecule has 0 aliphatic carbocycles. The van der Waals surface area contributed by atoms with E-state index < -0.39 is 18.2 Å². The van der Waals surface area contributed by atoms with Gasteiger partial charge >= 0.3 is 18.2 Å². The van der Waals surface area contributed by atoms with Crippen LogP contribution in [0.15, 0.2) is 0 Å². The van der Waals surface area contributed by atoms with Crippen molar-refractivity contribution in [3.63, 3.8) is 0 Å². The Kier molecular flexibility index (Phi) is 8.18. The maximum atomic E-state index is 10.6. The summed E-state index contributed by atoms with van der Waals surface area (Å²) in [6.07, 6.45) is -5.39. The number of halogens is 3. The molecule has 0 fully saturated rings. The van der Waals surface area contributed by atoms with Gasteiger partial charge in [0.15, 0.2) is 0 Å². The average Bonchev–Trinajstić information content (AvgIpc) is 2.01. The Morgan fingerprint density at radius 3 is 1.94 bits per heavy atom. The van der Waals surface area contributed by atoms with Crippen LogP contribution in [-0.4, -0.2) is 41.0 Å². The third-order valence-corrected chi connectivity index (χ3v) is 1.12. The lowest BCUT2D eigenvalue weighted by atomic mass is 10.2. The van der Waals surface area contributed by atoms with Gasteiger partial charge in [0.1, 0.15) is 0 Å². The second-order valence-electron chi connectivity index (χ2n) is 2.80. The van der Waals surface area contributed by atoms with E-state index in [4.69, 9.17) is 20.7 Å². The van der Waals surface area contributed by atoms with E-state index in [0.717, 1.165) is 0 Å². The van der Waals surface area contributed by atoms with Gasteiger partial charge in [0.2, 0.25) is 0 Å². The summed E-state index contributed by atoms with van der Waals surface area (Å²) in [6.45, 7) is 2.27. The largest absolute Gasteiger partial charge is 0.490 e. The number of carboxylic acid groups (broad SMARTS) is 2. The third-order valence-electron chi connectivity index (χ3n) is 1.12. The van der Waals surface area contributed by atoms with Crippen LogP contribution in [0.1, 0.15) is 13.3 Å². The van der Waals surface area contributed by atoms with Gasteiger partial charge in [0, 0.05) is 12.6 Å². The Morgan fingerprint density at radius 2 is 1.75 bits per heavy atom. The van der Waals surface area contributed by atoms with Gasteiger partial charge in [-0.3, -0.25) is 0 Å².